The van der Waals surface area contributed by atoms with E-state index in [2.05, 4.69) is 0 Å². The Bertz CT molecular complexity index is 354. The molecule has 2 unspecified atom stereocenters. The maximum atomic E-state index is 12.5. The Labute approximate surface area is 108 Å². The van der Waals surface area contributed by atoms with Gasteiger partial charge in [-0.05, 0) is 50.9 Å². The fourth-order valence-corrected chi connectivity index (χ4v) is 3.27. The first kappa shape index (κ1) is 12.0. The van der Waals surface area contributed by atoms with Gasteiger partial charge in [0.25, 0.3) is 0 Å². The highest BCUT2D eigenvalue weighted by molar-refractivity contribution is 5.84. The first-order chi connectivity index (χ1) is 8.69. The van der Waals surface area contributed by atoms with Gasteiger partial charge >= 0.3 is 5.97 Å². The van der Waals surface area contributed by atoms with Gasteiger partial charge in [-0.1, -0.05) is 0 Å². The summed E-state index contributed by atoms with van der Waals surface area (Å²) in [6, 6.07) is 0.304. The molecule has 2 atom stereocenters. The zero-order chi connectivity index (χ0) is 12.7. The summed E-state index contributed by atoms with van der Waals surface area (Å²) < 4.78 is 4.96. The van der Waals surface area contributed by atoms with E-state index in [9.17, 15) is 9.59 Å². The van der Waals surface area contributed by atoms with Gasteiger partial charge < -0.3 is 9.64 Å². The van der Waals surface area contributed by atoms with Crippen LogP contribution in [0.25, 0.3) is 0 Å². The van der Waals surface area contributed by atoms with E-state index in [0.29, 0.717) is 12.6 Å². The number of nitrogens with zero attached hydrogens (tertiary/aromatic N) is 1. The molecule has 3 aliphatic rings. The van der Waals surface area contributed by atoms with E-state index in [1.54, 1.807) is 11.8 Å². The molecule has 3 rings (SSSR count). The number of fused-ring (bicyclic) bond motifs is 1. The van der Waals surface area contributed by atoms with Gasteiger partial charge in [-0.3, -0.25) is 9.59 Å². The summed E-state index contributed by atoms with van der Waals surface area (Å²) in [7, 11) is 0. The Morgan fingerprint density at radius 2 is 1.83 bits per heavy atom. The van der Waals surface area contributed by atoms with Gasteiger partial charge in [0, 0.05) is 12.0 Å². The highest BCUT2D eigenvalue weighted by atomic mass is 16.5. The van der Waals surface area contributed by atoms with Crippen LogP contribution < -0.4 is 0 Å². The van der Waals surface area contributed by atoms with E-state index in [-0.39, 0.29) is 24.3 Å². The van der Waals surface area contributed by atoms with Crippen LogP contribution in [0.3, 0.4) is 0 Å². The molecule has 0 bridgehead atoms. The first-order valence-electron chi connectivity index (χ1n) is 7.15. The number of hydrogen-bond acceptors (Lipinski definition) is 3. The SMILES string of the molecule is CCOC(=O)CN(C(=O)C1CC2CC2C1)C1CC1. The van der Waals surface area contributed by atoms with Crippen molar-refractivity contribution in [1.82, 2.24) is 4.90 Å². The summed E-state index contributed by atoms with van der Waals surface area (Å²) >= 11 is 0. The second-order valence-corrected chi connectivity index (χ2v) is 5.93. The van der Waals surface area contributed by atoms with Gasteiger partial charge in [0.15, 0.2) is 0 Å². The molecule has 3 aliphatic carbocycles. The first-order valence-corrected chi connectivity index (χ1v) is 7.15. The largest absolute Gasteiger partial charge is 0.465 e. The Balaban J connectivity index is 1.58. The van der Waals surface area contributed by atoms with Crippen molar-refractivity contribution in [2.75, 3.05) is 13.2 Å². The second-order valence-electron chi connectivity index (χ2n) is 5.93. The smallest absolute Gasteiger partial charge is 0.325 e. The normalized spacial score (nSPS) is 32.8. The Kier molecular flexibility index (Phi) is 3.04. The molecule has 0 radical (unpaired) electrons. The topological polar surface area (TPSA) is 46.6 Å². The third-order valence-corrected chi connectivity index (χ3v) is 4.47. The minimum Gasteiger partial charge on any atom is -0.465 e. The van der Waals surface area contributed by atoms with Crippen molar-refractivity contribution in [3.8, 4) is 0 Å². The third kappa shape index (κ3) is 2.38. The van der Waals surface area contributed by atoms with Crippen molar-refractivity contribution >= 4 is 11.9 Å². The third-order valence-electron chi connectivity index (χ3n) is 4.47. The van der Waals surface area contributed by atoms with Crippen molar-refractivity contribution in [2.45, 2.75) is 45.1 Å². The van der Waals surface area contributed by atoms with Crippen LogP contribution in [-0.2, 0) is 14.3 Å². The number of ether oxygens (including phenoxy) is 1. The molecule has 1 amide bonds. The molecule has 0 saturated heterocycles. The number of carbonyl (C=O) groups excluding carboxylic acids is 2. The minimum absolute atomic E-state index is 0.156. The van der Waals surface area contributed by atoms with Crippen LogP contribution in [0.5, 0.6) is 0 Å². The molecule has 3 fully saturated rings. The van der Waals surface area contributed by atoms with Crippen molar-refractivity contribution in [3.05, 3.63) is 0 Å². The zero-order valence-corrected chi connectivity index (χ0v) is 10.9. The number of hydrogen-bond donors (Lipinski definition) is 0. The van der Waals surface area contributed by atoms with E-state index < -0.39 is 0 Å². The van der Waals surface area contributed by atoms with E-state index >= 15 is 0 Å². The number of amides is 1. The summed E-state index contributed by atoms with van der Waals surface area (Å²) in [5.74, 6) is 1.74. The van der Waals surface area contributed by atoms with E-state index in [1.165, 1.54) is 6.42 Å². The molecular weight excluding hydrogens is 230 g/mol. The predicted molar refractivity (Wildman–Crippen MR) is 65.7 cm³/mol. The lowest BCUT2D eigenvalue weighted by molar-refractivity contribution is -0.150. The van der Waals surface area contributed by atoms with E-state index in [0.717, 1.165) is 37.5 Å². The molecule has 0 aromatic rings. The Morgan fingerprint density at radius 1 is 1.17 bits per heavy atom. The fraction of sp³-hybridized carbons (Fsp3) is 0.857. The van der Waals surface area contributed by atoms with E-state index in [4.69, 9.17) is 4.74 Å². The number of carbonyl (C=O) groups is 2. The van der Waals surface area contributed by atoms with Crippen LogP contribution in [0.2, 0.25) is 0 Å². The molecule has 18 heavy (non-hydrogen) atoms. The standard InChI is InChI=1S/C14H21NO3/c1-2-18-13(16)8-15(12-3-4-12)14(17)11-6-9-5-10(9)7-11/h9-12H,2-8H2,1H3. The maximum absolute atomic E-state index is 12.5. The summed E-state index contributed by atoms with van der Waals surface area (Å²) in [6.45, 7) is 2.34. The van der Waals surface area contributed by atoms with E-state index in [1.807, 2.05) is 0 Å². The van der Waals surface area contributed by atoms with Crippen LogP contribution >= 0.6 is 0 Å². The summed E-state index contributed by atoms with van der Waals surface area (Å²) in [5, 5.41) is 0. The van der Waals surface area contributed by atoms with Crippen molar-refractivity contribution in [3.63, 3.8) is 0 Å². The molecule has 4 nitrogen and oxygen atoms in total. The minimum atomic E-state index is -0.263. The summed E-state index contributed by atoms with van der Waals surface area (Å²) in [6.07, 6.45) is 5.52. The van der Waals surface area contributed by atoms with Crippen LogP contribution in [0, 0.1) is 17.8 Å². The molecule has 0 aromatic heterocycles. The van der Waals surface area contributed by atoms with Crippen LogP contribution in [0.15, 0.2) is 0 Å². The fourth-order valence-electron chi connectivity index (χ4n) is 3.27. The lowest BCUT2D eigenvalue weighted by Gasteiger charge is -2.25. The number of rotatable bonds is 5. The predicted octanol–water partition coefficient (Wildman–Crippen LogP) is 1.59. The maximum Gasteiger partial charge on any atom is 0.325 e. The quantitative estimate of drug-likeness (QED) is 0.697. The average Bonchev–Trinajstić information content (AvgIpc) is 3.26. The molecule has 0 heterocycles. The van der Waals surface area contributed by atoms with Crippen LogP contribution in [-0.4, -0.2) is 36.0 Å². The molecule has 0 spiro atoms. The summed E-state index contributed by atoms with van der Waals surface area (Å²) in [4.78, 5) is 25.8. The van der Waals surface area contributed by atoms with Gasteiger partial charge in [-0.2, -0.15) is 0 Å². The van der Waals surface area contributed by atoms with Crippen molar-refractivity contribution in [2.24, 2.45) is 17.8 Å². The second kappa shape index (κ2) is 4.56. The van der Waals surface area contributed by atoms with Gasteiger partial charge in [0.05, 0.1) is 6.61 Å². The van der Waals surface area contributed by atoms with Crippen molar-refractivity contribution < 1.29 is 14.3 Å². The Hall–Kier alpha value is -1.06. The molecule has 3 saturated carbocycles. The van der Waals surface area contributed by atoms with Gasteiger partial charge in [0.1, 0.15) is 6.54 Å². The van der Waals surface area contributed by atoms with Crippen molar-refractivity contribution in [1.29, 1.82) is 0 Å². The molecule has 0 aromatic carbocycles. The van der Waals surface area contributed by atoms with Gasteiger partial charge in [0.2, 0.25) is 5.91 Å². The van der Waals surface area contributed by atoms with Gasteiger partial charge in [-0.25, -0.2) is 0 Å². The molecule has 100 valence electrons. The van der Waals surface area contributed by atoms with Gasteiger partial charge in [-0.15, -0.1) is 0 Å². The molecule has 0 N–H and O–H groups in total. The molecular formula is C14H21NO3. The number of esters is 1. The lowest BCUT2D eigenvalue weighted by atomic mass is 10.0. The molecule has 0 aliphatic heterocycles. The lowest BCUT2D eigenvalue weighted by Crippen LogP contribution is -2.41. The Morgan fingerprint density at radius 3 is 2.39 bits per heavy atom. The summed E-state index contributed by atoms with van der Waals surface area (Å²) in [5.41, 5.74) is 0. The highest BCUT2D eigenvalue weighted by Crippen LogP contribution is 2.54. The highest BCUT2D eigenvalue weighted by Gasteiger charge is 2.50. The monoisotopic (exact) mass is 251 g/mol. The van der Waals surface area contributed by atoms with Crippen LogP contribution in [0.1, 0.15) is 39.0 Å². The average molecular weight is 251 g/mol. The zero-order valence-electron chi connectivity index (χ0n) is 10.9. The molecule has 4 heteroatoms. The van der Waals surface area contributed by atoms with Crippen LogP contribution in [0.4, 0.5) is 0 Å².